The van der Waals surface area contributed by atoms with E-state index in [1.54, 1.807) is 12.2 Å². The van der Waals surface area contributed by atoms with Gasteiger partial charge in [-0.15, -0.1) is 0 Å². The van der Waals surface area contributed by atoms with Gasteiger partial charge in [0.2, 0.25) is 11.8 Å². The van der Waals surface area contributed by atoms with Gasteiger partial charge in [-0.1, -0.05) is 12.1 Å². The predicted octanol–water partition coefficient (Wildman–Crippen LogP) is 2.85. The van der Waals surface area contributed by atoms with E-state index in [-0.39, 0.29) is 11.8 Å². The molecule has 1 aromatic carbocycles. The quantitative estimate of drug-likeness (QED) is 0.605. The third kappa shape index (κ3) is 5.06. The maximum Gasteiger partial charge on any atom is 0.244 e. The molecule has 0 bridgehead atoms. The number of hydrogen-bond acceptors (Lipinski definition) is 3. The molecule has 1 N–H and O–H groups in total. The lowest BCUT2D eigenvalue weighted by molar-refractivity contribution is -0.117. The fourth-order valence-corrected chi connectivity index (χ4v) is 3.26. The van der Waals surface area contributed by atoms with Crippen LogP contribution in [-0.4, -0.2) is 34.7 Å². The van der Waals surface area contributed by atoms with Crippen molar-refractivity contribution in [1.29, 1.82) is 0 Å². The first-order valence-corrected chi connectivity index (χ1v) is 9.40. The van der Waals surface area contributed by atoms with E-state index in [1.165, 1.54) is 0 Å². The van der Waals surface area contributed by atoms with Crippen molar-refractivity contribution in [3.8, 4) is 0 Å². The van der Waals surface area contributed by atoms with Gasteiger partial charge >= 0.3 is 0 Å². The fourth-order valence-electron chi connectivity index (χ4n) is 3.26. The molecule has 1 saturated heterocycles. The van der Waals surface area contributed by atoms with Gasteiger partial charge < -0.3 is 10.2 Å². The average molecular weight is 366 g/mol. The summed E-state index contributed by atoms with van der Waals surface area (Å²) in [4.78, 5) is 25.5. The van der Waals surface area contributed by atoms with Gasteiger partial charge in [-0.2, -0.15) is 5.10 Å². The Hall–Kier alpha value is -2.89. The van der Waals surface area contributed by atoms with Crippen molar-refractivity contribution in [3.63, 3.8) is 0 Å². The van der Waals surface area contributed by atoms with Gasteiger partial charge in [-0.05, 0) is 56.5 Å². The Balaban J connectivity index is 1.42. The molecular formula is C21H26N4O2. The normalized spacial score (nSPS) is 14.3. The molecule has 1 aromatic heterocycles. The summed E-state index contributed by atoms with van der Waals surface area (Å²) in [5, 5.41) is 7.30. The highest BCUT2D eigenvalue weighted by Crippen LogP contribution is 2.21. The molecule has 0 atom stereocenters. The minimum atomic E-state index is -0.109. The summed E-state index contributed by atoms with van der Waals surface area (Å²) in [5.41, 5.74) is 4.00. The van der Waals surface area contributed by atoms with Gasteiger partial charge in [0.25, 0.3) is 0 Å². The van der Waals surface area contributed by atoms with Crippen molar-refractivity contribution in [1.82, 2.24) is 15.1 Å². The lowest BCUT2D eigenvalue weighted by Crippen LogP contribution is -2.23. The van der Waals surface area contributed by atoms with Crippen LogP contribution >= 0.6 is 0 Å². The van der Waals surface area contributed by atoms with Crippen LogP contribution < -0.4 is 10.2 Å². The van der Waals surface area contributed by atoms with Crippen molar-refractivity contribution >= 4 is 23.6 Å². The maximum atomic E-state index is 11.9. The van der Waals surface area contributed by atoms with E-state index >= 15 is 0 Å². The summed E-state index contributed by atoms with van der Waals surface area (Å²) < 4.78 is 1.96. The Kier molecular flexibility index (Phi) is 6.06. The van der Waals surface area contributed by atoms with E-state index in [0.717, 1.165) is 48.6 Å². The first-order valence-electron chi connectivity index (χ1n) is 9.40. The Morgan fingerprint density at radius 3 is 2.67 bits per heavy atom. The monoisotopic (exact) mass is 366 g/mol. The molecule has 1 aliphatic heterocycles. The highest BCUT2D eigenvalue weighted by atomic mass is 16.2. The molecule has 0 radical (unpaired) electrons. The van der Waals surface area contributed by atoms with Gasteiger partial charge in [-0.25, -0.2) is 0 Å². The third-order valence-corrected chi connectivity index (χ3v) is 4.65. The number of carbonyl (C=O) groups excluding carboxylic acids is 2. The summed E-state index contributed by atoms with van der Waals surface area (Å²) in [6, 6.07) is 9.75. The Bertz CT molecular complexity index is 836. The summed E-state index contributed by atoms with van der Waals surface area (Å²) in [5.74, 6) is 0.0697. The molecule has 0 spiro atoms. The zero-order valence-electron chi connectivity index (χ0n) is 15.9. The average Bonchev–Trinajstić information content (AvgIpc) is 3.22. The SMILES string of the molecule is Cc1cc(C)n(CCCNC(=O)/C=C\c2ccc(N3CCCC3=O)cc2)n1. The number of nitrogens with zero attached hydrogens (tertiary/aromatic N) is 3. The zero-order valence-corrected chi connectivity index (χ0v) is 15.9. The first kappa shape index (κ1) is 18.9. The van der Waals surface area contributed by atoms with E-state index < -0.39 is 0 Å². The summed E-state index contributed by atoms with van der Waals surface area (Å²) in [6.07, 6.45) is 5.70. The fraction of sp³-hybridized carbons (Fsp3) is 0.381. The van der Waals surface area contributed by atoms with Gasteiger partial charge in [0.1, 0.15) is 0 Å². The largest absolute Gasteiger partial charge is 0.352 e. The highest BCUT2D eigenvalue weighted by Gasteiger charge is 2.21. The van der Waals surface area contributed by atoms with Gasteiger partial charge in [0.05, 0.1) is 5.69 Å². The van der Waals surface area contributed by atoms with Gasteiger partial charge in [-0.3, -0.25) is 14.3 Å². The van der Waals surface area contributed by atoms with Crippen molar-refractivity contribution in [2.24, 2.45) is 0 Å². The van der Waals surface area contributed by atoms with Crippen LogP contribution in [-0.2, 0) is 16.1 Å². The van der Waals surface area contributed by atoms with Crippen molar-refractivity contribution < 1.29 is 9.59 Å². The Morgan fingerprint density at radius 1 is 1.26 bits per heavy atom. The molecule has 0 aliphatic carbocycles. The second-order valence-corrected chi connectivity index (χ2v) is 6.87. The number of rotatable bonds is 7. The van der Waals surface area contributed by atoms with Crippen LogP contribution in [0.4, 0.5) is 5.69 Å². The lowest BCUT2D eigenvalue weighted by Gasteiger charge is -2.15. The third-order valence-electron chi connectivity index (χ3n) is 4.65. The van der Waals surface area contributed by atoms with E-state index in [0.29, 0.717) is 13.0 Å². The molecule has 142 valence electrons. The Labute approximate surface area is 159 Å². The number of nitrogens with one attached hydrogen (secondary N) is 1. The smallest absolute Gasteiger partial charge is 0.244 e. The number of aromatic nitrogens is 2. The topological polar surface area (TPSA) is 67.2 Å². The zero-order chi connectivity index (χ0) is 19.2. The summed E-state index contributed by atoms with van der Waals surface area (Å²) in [7, 11) is 0. The second kappa shape index (κ2) is 8.66. The molecular weight excluding hydrogens is 340 g/mol. The molecule has 27 heavy (non-hydrogen) atoms. The molecule has 2 heterocycles. The van der Waals surface area contributed by atoms with Crippen LogP contribution in [0.1, 0.15) is 36.2 Å². The minimum Gasteiger partial charge on any atom is -0.352 e. The molecule has 6 nitrogen and oxygen atoms in total. The minimum absolute atomic E-state index is 0.109. The molecule has 6 heteroatoms. The van der Waals surface area contributed by atoms with E-state index in [9.17, 15) is 9.59 Å². The van der Waals surface area contributed by atoms with Crippen LogP contribution in [0.2, 0.25) is 0 Å². The van der Waals surface area contributed by atoms with Crippen molar-refractivity contribution in [3.05, 3.63) is 53.4 Å². The molecule has 1 fully saturated rings. The van der Waals surface area contributed by atoms with Crippen molar-refractivity contribution in [2.75, 3.05) is 18.0 Å². The number of aryl methyl sites for hydroxylation is 3. The van der Waals surface area contributed by atoms with Crippen LogP contribution in [0, 0.1) is 13.8 Å². The second-order valence-electron chi connectivity index (χ2n) is 6.87. The predicted molar refractivity (Wildman–Crippen MR) is 106 cm³/mol. The number of amides is 2. The number of carbonyl (C=O) groups is 2. The lowest BCUT2D eigenvalue weighted by atomic mass is 10.2. The first-order chi connectivity index (χ1) is 13.0. The maximum absolute atomic E-state index is 11.9. The van der Waals surface area contributed by atoms with Crippen LogP contribution in [0.25, 0.3) is 6.08 Å². The molecule has 2 amide bonds. The summed E-state index contributed by atoms with van der Waals surface area (Å²) in [6.45, 7) is 6.20. The number of hydrogen-bond donors (Lipinski definition) is 1. The van der Waals surface area contributed by atoms with E-state index in [1.807, 2.05) is 53.8 Å². The van der Waals surface area contributed by atoms with Crippen LogP contribution in [0.5, 0.6) is 0 Å². The van der Waals surface area contributed by atoms with Crippen LogP contribution in [0.15, 0.2) is 36.4 Å². The van der Waals surface area contributed by atoms with E-state index in [4.69, 9.17) is 0 Å². The molecule has 0 unspecified atom stereocenters. The summed E-state index contributed by atoms with van der Waals surface area (Å²) >= 11 is 0. The molecule has 3 rings (SSSR count). The molecule has 0 saturated carbocycles. The van der Waals surface area contributed by atoms with Crippen molar-refractivity contribution in [2.45, 2.75) is 39.7 Å². The van der Waals surface area contributed by atoms with E-state index in [2.05, 4.69) is 10.4 Å². The standard InChI is InChI=1S/C21H26N4O2/c1-16-15-17(2)25(23-16)14-4-12-22-20(26)11-8-18-6-9-19(10-7-18)24-13-3-5-21(24)27/h6-11,15H,3-5,12-14H2,1-2H3,(H,22,26)/b11-8-. The molecule has 2 aromatic rings. The van der Waals surface area contributed by atoms with Gasteiger partial charge in [0, 0.05) is 43.5 Å². The number of anilines is 1. The molecule has 1 aliphatic rings. The Morgan fingerprint density at radius 2 is 2.04 bits per heavy atom. The van der Waals surface area contributed by atoms with Crippen LogP contribution in [0.3, 0.4) is 0 Å². The van der Waals surface area contributed by atoms with Gasteiger partial charge in [0.15, 0.2) is 0 Å². The highest BCUT2D eigenvalue weighted by molar-refractivity contribution is 5.95. The number of benzene rings is 1.